The maximum Gasteiger partial charge on any atom is 0.140 e. The van der Waals surface area contributed by atoms with Gasteiger partial charge in [0.25, 0.3) is 0 Å². The number of hydrogen-bond donors (Lipinski definition) is 1. The second kappa shape index (κ2) is 4.27. The summed E-state index contributed by atoms with van der Waals surface area (Å²) in [7, 11) is 1.88. The molecule has 0 bridgehead atoms. The second-order valence-corrected chi connectivity index (χ2v) is 3.42. The first-order valence-corrected chi connectivity index (χ1v) is 4.87. The van der Waals surface area contributed by atoms with Crippen LogP contribution in [0.5, 0.6) is 0 Å². The first-order chi connectivity index (χ1) is 7.27. The average molecular weight is 206 g/mol. The van der Waals surface area contributed by atoms with Crippen molar-refractivity contribution in [3.8, 4) is 0 Å². The Morgan fingerprint density at radius 2 is 2.47 bits per heavy atom. The molecule has 0 radical (unpaired) electrons. The Morgan fingerprint density at radius 1 is 1.60 bits per heavy atom. The molecule has 2 heterocycles. The molecule has 1 atom stereocenters. The molecular weight excluding hydrogens is 192 g/mol. The van der Waals surface area contributed by atoms with Gasteiger partial charge in [-0.05, 0) is 19.1 Å². The van der Waals surface area contributed by atoms with Crippen molar-refractivity contribution < 1.29 is 4.42 Å². The molecular formula is C10H14N4O. The number of aromatic nitrogens is 3. The van der Waals surface area contributed by atoms with Gasteiger partial charge in [0.15, 0.2) is 0 Å². The molecule has 2 aromatic heterocycles. The monoisotopic (exact) mass is 206 g/mol. The number of furan rings is 1. The van der Waals surface area contributed by atoms with Crippen LogP contribution in [-0.4, -0.2) is 14.8 Å². The lowest BCUT2D eigenvalue weighted by molar-refractivity contribution is 0.424. The topological polar surface area (TPSA) is 55.9 Å². The summed E-state index contributed by atoms with van der Waals surface area (Å²) < 4.78 is 7.04. The van der Waals surface area contributed by atoms with Gasteiger partial charge in [-0.25, -0.2) is 4.98 Å². The van der Waals surface area contributed by atoms with Crippen LogP contribution in [0.3, 0.4) is 0 Å². The molecule has 0 saturated carbocycles. The summed E-state index contributed by atoms with van der Waals surface area (Å²) in [6, 6.07) is 4.01. The second-order valence-electron chi connectivity index (χ2n) is 3.42. The fraction of sp³-hybridized carbons (Fsp3) is 0.400. The van der Waals surface area contributed by atoms with Crippen molar-refractivity contribution in [1.29, 1.82) is 0 Å². The van der Waals surface area contributed by atoms with E-state index < -0.39 is 0 Å². The minimum absolute atomic E-state index is 0.178. The van der Waals surface area contributed by atoms with E-state index in [1.54, 1.807) is 17.3 Å². The van der Waals surface area contributed by atoms with Gasteiger partial charge in [-0.2, -0.15) is 5.10 Å². The fourth-order valence-corrected chi connectivity index (χ4v) is 1.36. The van der Waals surface area contributed by atoms with Crippen molar-refractivity contribution in [2.45, 2.75) is 19.5 Å². The molecule has 2 rings (SSSR count). The van der Waals surface area contributed by atoms with Crippen molar-refractivity contribution in [3.05, 3.63) is 36.3 Å². The van der Waals surface area contributed by atoms with Gasteiger partial charge in [0, 0.05) is 7.05 Å². The highest BCUT2D eigenvalue weighted by atomic mass is 16.3. The Balaban J connectivity index is 1.91. The van der Waals surface area contributed by atoms with Gasteiger partial charge in [-0.3, -0.25) is 4.68 Å². The molecule has 5 heteroatoms. The number of aryl methyl sites for hydroxylation is 1. The summed E-state index contributed by atoms with van der Waals surface area (Å²) >= 11 is 0. The van der Waals surface area contributed by atoms with Gasteiger partial charge in [-0.15, -0.1) is 0 Å². The molecule has 5 nitrogen and oxygen atoms in total. The minimum atomic E-state index is 0.178. The number of hydrogen-bond acceptors (Lipinski definition) is 4. The maximum atomic E-state index is 5.29. The zero-order valence-electron chi connectivity index (χ0n) is 8.84. The standard InChI is InChI=1S/C10H14N4O/c1-8(9-4-3-5-15-9)11-6-10-12-7-13-14(10)2/h3-5,7-8,11H,6H2,1-2H3. The molecule has 80 valence electrons. The summed E-state index contributed by atoms with van der Waals surface area (Å²) in [5.74, 6) is 1.84. The highest BCUT2D eigenvalue weighted by molar-refractivity contribution is 5.03. The molecule has 0 amide bonds. The third-order valence-corrected chi connectivity index (χ3v) is 2.34. The lowest BCUT2D eigenvalue weighted by atomic mass is 10.2. The SMILES string of the molecule is CC(NCc1ncnn1C)c1ccco1. The quantitative estimate of drug-likeness (QED) is 0.818. The van der Waals surface area contributed by atoms with E-state index in [4.69, 9.17) is 4.42 Å². The van der Waals surface area contributed by atoms with Crippen LogP contribution in [0.4, 0.5) is 0 Å². The molecule has 0 aromatic carbocycles. The summed E-state index contributed by atoms with van der Waals surface area (Å²) in [4.78, 5) is 4.13. The molecule has 0 saturated heterocycles. The highest BCUT2D eigenvalue weighted by Gasteiger charge is 2.08. The lowest BCUT2D eigenvalue weighted by Gasteiger charge is -2.10. The van der Waals surface area contributed by atoms with Gasteiger partial charge in [0.05, 0.1) is 18.8 Å². The van der Waals surface area contributed by atoms with E-state index in [-0.39, 0.29) is 6.04 Å². The minimum Gasteiger partial charge on any atom is -0.468 e. The maximum absolute atomic E-state index is 5.29. The summed E-state index contributed by atoms with van der Waals surface area (Å²) in [6.45, 7) is 2.73. The Kier molecular flexibility index (Phi) is 2.82. The third-order valence-electron chi connectivity index (χ3n) is 2.34. The number of nitrogens with zero attached hydrogens (tertiary/aromatic N) is 3. The molecule has 1 N–H and O–H groups in total. The summed E-state index contributed by atoms with van der Waals surface area (Å²) in [5, 5.41) is 7.31. The van der Waals surface area contributed by atoms with Crippen LogP contribution in [-0.2, 0) is 13.6 Å². The van der Waals surface area contributed by atoms with Crippen molar-refractivity contribution in [3.63, 3.8) is 0 Å². The van der Waals surface area contributed by atoms with Crippen molar-refractivity contribution in [1.82, 2.24) is 20.1 Å². The zero-order chi connectivity index (χ0) is 10.7. The van der Waals surface area contributed by atoms with E-state index in [0.717, 1.165) is 11.6 Å². The van der Waals surface area contributed by atoms with Crippen LogP contribution < -0.4 is 5.32 Å². The normalized spacial score (nSPS) is 12.9. The van der Waals surface area contributed by atoms with E-state index in [2.05, 4.69) is 22.3 Å². The predicted molar refractivity (Wildman–Crippen MR) is 55.0 cm³/mol. The first kappa shape index (κ1) is 9.92. The van der Waals surface area contributed by atoms with Crippen molar-refractivity contribution in [2.75, 3.05) is 0 Å². The smallest absolute Gasteiger partial charge is 0.140 e. The largest absolute Gasteiger partial charge is 0.468 e. The van der Waals surface area contributed by atoms with Crippen molar-refractivity contribution in [2.24, 2.45) is 7.05 Å². The van der Waals surface area contributed by atoms with Gasteiger partial charge < -0.3 is 9.73 Å². The third kappa shape index (κ3) is 2.24. The Labute approximate surface area is 88.1 Å². The molecule has 15 heavy (non-hydrogen) atoms. The van der Waals surface area contributed by atoms with Crippen LogP contribution in [0, 0.1) is 0 Å². The van der Waals surface area contributed by atoms with Crippen LogP contribution in [0.2, 0.25) is 0 Å². The van der Waals surface area contributed by atoms with Gasteiger partial charge in [0.1, 0.15) is 17.9 Å². The van der Waals surface area contributed by atoms with E-state index in [9.17, 15) is 0 Å². The van der Waals surface area contributed by atoms with Crippen LogP contribution in [0.1, 0.15) is 24.6 Å². The van der Waals surface area contributed by atoms with E-state index >= 15 is 0 Å². The predicted octanol–water partition coefficient (Wildman–Crippen LogP) is 1.26. The number of rotatable bonds is 4. The molecule has 0 fully saturated rings. The van der Waals surface area contributed by atoms with E-state index in [1.165, 1.54) is 0 Å². The molecule has 0 aliphatic carbocycles. The zero-order valence-corrected chi connectivity index (χ0v) is 8.84. The van der Waals surface area contributed by atoms with Crippen LogP contribution in [0.15, 0.2) is 29.1 Å². The van der Waals surface area contributed by atoms with E-state index in [1.807, 2.05) is 19.2 Å². The summed E-state index contributed by atoms with van der Waals surface area (Å²) in [5.41, 5.74) is 0. The molecule has 2 aromatic rings. The van der Waals surface area contributed by atoms with Gasteiger partial charge >= 0.3 is 0 Å². The lowest BCUT2D eigenvalue weighted by Crippen LogP contribution is -2.20. The highest BCUT2D eigenvalue weighted by Crippen LogP contribution is 2.12. The Morgan fingerprint density at radius 3 is 3.07 bits per heavy atom. The van der Waals surface area contributed by atoms with Gasteiger partial charge in [-0.1, -0.05) is 0 Å². The molecule has 1 unspecified atom stereocenters. The number of nitrogens with one attached hydrogen (secondary N) is 1. The molecule has 0 aliphatic heterocycles. The van der Waals surface area contributed by atoms with Gasteiger partial charge in [0.2, 0.25) is 0 Å². The van der Waals surface area contributed by atoms with Crippen LogP contribution >= 0.6 is 0 Å². The Hall–Kier alpha value is -1.62. The molecule has 0 spiro atoms. The fourth-order valence-electron chi connectivity index (χ4n) is 1.36. The first-order valence-electron chi connectivity index (χ1n) is 4.87. The van der Waals surface area contributed by atoms with Crippen LogP contribution in [0.25, 0.3) is 0 Å². The van der Waals surface area contributed by atoms with E-state index in [0.29, 0.717) is 6.54 Å². The van der Waals surface area contributed by atoms with Crippen molar-refractivity contribution >= 4 is 0 Å². The Bertz CT molecular complexity index is 407. The molecule has 0 aliphatic rings. The average Bonchev–Trinajstić information content (AvgIpc) is 2.85. The summed E-state index contributed by atoms with van der Waals surface area (Å²) in [6.07, 6.45) is 3.23.